The highest BCUT2D eigenvalue weighted by Crippen LogP contribution is 2.49. The van der Waals surface area contributed by atoms with Crippen LogP contribution in [0.4, 0.5) is 4.39 Å². The molecule has 8 heteroatoms. The van der Waals surface area contributed by atoms with Crippen LogP contribution in [-0.4, -0.2) is 82.7 Å². The molecule has 0 bridgehead atoms. The molecule has 5 rings (SSSR count). The van der Waals surface area contributed by atoms with Crippen molar-refractivity contribution in [2.75, 3.05) is 46.4 Å². The number of benzene rings is 1. The van der Waals surface area contributed by atoms with Gasteiger partial charge in [-0.05, 0) is 38.2 Å². The number of amides is 1. The first kappa shape index (κ1) is 23.2. The normalized spacial score (nSPS) is 27.1. The Bertz CT molecular complexity index is 1130. The Morgan fingerprint density at radius 3 is 2.50 bits per heavy atom. The molecule has 1 amide bonds. The molecule has 2 aromatic rings. The van der Waals surface area contributed by atoms with E-state index in [1.807, 2.05) is 11.0 Å². The van der Waals surface area contributed by atoms with Crippen LogP contribution >= 0.6 is 0 Å². The van der Waals surface area contributed by atoms with Gasteiger partial charge in [0.15, 0.2) is 0 Å². The molecule has 4 atom stereocenters. The van der Waals surface area contributed by atoms with Gasteiger partial charge in [0, 0.05) is 62.4 Å². The molecular formula is C26H33FN4O3. The van der Waals surface area contributed by atoms with E-state index in [0.29, 0.717) is 37.3 Å². The molecule has 0 saturated carbocycles. The van der Waals surface area contributed by atoms with Crippen molar-refractivity contribution in [3.05, 3.63) is 58.3 Å². The van der Waals surface area contributed by atoms with E-state index in [1.165, 1.54) is 6.07 Å². The highest BCUT2D eigenvalue weighted by atomic mass is 19.1. The summed E-state index contributed by atoms with van der Waals surface area (Å²) in [6, 6.07) is 9.44. The third kappa shape index (κ3) is 3.68. The monoisotopic (exact) mass is 468 g/mol. The number of rotatable bonds is 5. The van der Waals surface area contributed by atoms with Gasteiger partial charge in [-0.1, -0.05) is 25.1 Å². The third-order valence-corrected chi connectivity index (χ3v) is 7.90. The molecule has 7 nitrogen and oxygen atoms in total. The Hall–Kier alpha value is -2.55. The van der Waals surface area contributed by atoms with Crippen molar-refractivity contribution in [1.82, 2.24) is 19.3 Å². The predicted octanol–water partition coefficient (Wildman–Crippen LogP) is 1.80. The number of pyridine rings is 1. The summed E-state index contributed by atoms with van der Waals surface area (Å²) in [6.45, 7) is 6.21. The Balaban J connectivity index is 1.52. The first-order valence-corrected chi connectivity index (χ1v) is 12.3. The lowest BCUT2D eigenvalue weighted by atomic mass is 9.88. The molecule has 1 N–H and O–H groups in total. The number of piperazine rings is 1. The standard InChI is InChI=1S/C26H33FN4O3/c1-3-10-30-23-19(20(16-32)24(30)26(34)29-13-11-28(2)12-14-29)15-31-22(23)9-8-18(25(31)33)17-6-4-5-7-21(17)27/h4-9,19-20,23-24,32H,3,10-16H2,1-2H3/t19-,20-,23+,24-/m1/s1. The number of aliphatic hydroxyl groups excluding tert-OH is 1. The predicted molar refractivity (Wildman–Crippen MR) is 128 cm³/mol. The number of aromatic nitrogens is 1. The van der Waals surface area contributed by atoms with Gasteiger partial charge in [-0.25, -0.2) is 4.39 Å². The lowest BCUT2D eigenvalue weighted by Crippen LogP contribution is -2.55. The van der Waals surface area contributed by atoms with Crippen LogP contribution in [0.25, 0.3) is 11.1 Å². The van der Waals surface area contributed by atoms with Crippen molar-refractivity contribution < 1.29 is 14.3 Å². The van der Waals surface area contributed by atoms with Crippen LogP contribution in [-0.2, 0) is 11.3 Å². The van der Waals surface area contributed by atoms with Gasteiger partial charge in [-0.15, -0.1) is 0 Å². The van der Waals surface area contributed by atoms with E-state index in [0.717, 1.165) is 25.2 Å². The lowest BCUT2D eigenvalue weighted by molar-refractivity contribution is -0.140. The molecule has 4 heterocycles. The number of fused-ring (bicyclic) bond motifs is 3. The van der Waals surface area contributed by atoms with Crippen molar-refractivity contribution in [2.45, 2.75) is 32.0 Å². The molecule has 0 aliphatic carbocycles. The van der Waals surface area contributed by atoms with E-state index < -0.39 is 11.9 Å². The van der Waals surface area contributed by atoms with E-state index in [9.17, 15) is 19.1 Å². The Labute approximate surface area is 199 Å². The van der Waals surface area contributed by atoms with E-state index in [4.69, 9.17) is 0 Å². The fourth-order valence-corrected chi connectivity index (χ4v) is 6.20. The molecule has 0 unspecified atom stereocenters. The third-order valence-electron chi connectivity index (χ3n) is 7.90. The zero-order chi connectivity index (χ0) is 24.0. The van der Waals surface area contributed by atoms with E-state index >= 15 is 0 Å². The maximum Gasteiger partial charge on any atom is 0.258 e. The molecule has 1 aromatic carbocycles. The molecule has 2 fully saturated rings. The smallest absolute Gasteiger partial charge is 0.258 e. The van der Waals surface area contributed by atoms with Gasteiger partial charge < -0.3 is 19.5 Å². The highest BCUT2D eigenvalue weighted by Gasteiger charge is 2.56. The topological polar surface area (TPSA) is 69.0 Å². The number of likely N-dealkylation sites (N-methyl/N-ethyl adjacent to an activating group) is 1. The van der Waals surface area contributed by atoms with Crippen molar-refractivity contribution >= 4 is 5.91 Å². The van der Waals surface area contributed by atoms with Crippen molar-refractivity contribution in [1.29, 1.82) is 0 Å². The Morgan fingerprint density at radius 2 is 1.82 bits per heavy atom. The first-order valence-electron chi connectivity index (χ1n) is 12.3. The van der Waals surface area contributed by atoms with Crippen LogP contribution in [0, 0.1) is 17.7 Å². The summed E-state index contributed by atoms with van der Waals surface area (Å²) in [7, 11) is 2.06. The summed E-state index contributed by atoms with van der Waals surface area (Å²) in [5.41, 5.74) is 1.28. The highest BCUT2D eigenvalue weighted by molar-refractivity contribution is 5.83. The molecule has 2 saturated heterocycles. The second-order valence-electron chi connectivity index (χ2n) is 9.83. The number of aliphatic hydroxyl groups is 1. The molecule has 3 aliphatic rings. The summed E-state index contributed by atoms with van der Waals surface area (Å²) in [4.78, 5) is 33.5. The maximum absolute atomic E-state index is 14.4. The number of hydrogen-bond donors (Lipinski definition) is 1. The van der Waals surface area contributed by atoms with Gasteiger partial charge in [0.05, 0.1) is 17.6 Å². The van der Waals surface area contributed by atoms with Crippen LogP contribution in [0.3, 0.4) is 0 Å². The van der Waals surface area contributed by atoms with Gasteiger partial charge in [0.25, 0.3) is 5.56 Å². The number of likely N-dealkylation sites (tertiary alicyclic amines) is 1. The summed E-state index contributed by atoms with van der Waals surface area (Å²) >= 11 is 0. The fraction of sp³-hybridized carbons (Fsp3) is 0.538. The minimum atomic E-state index is -0.419. The van der Waals surface area contributed by atoms with E-state index in [1.54, 1.807) is 28.8 Å². The van der Waals surface area contributed by atoms with E-state index in [-0.39, 0.29) is 36.0 Å². The summed E-state index contributed by atoms with van der Waals surface area (Å²) in [6.07, 6.45) is 0.866. The second-order valence-corrected chi connectivity index (χ2v) is 9.83. The average Bonchev–Trinajstić information content (AvgIpc) is 3.36. The zero-order valence-corrected chi connectivity index (χ0v) is 19.9. The van der Waals surface area contributed by atoms with Crippen LogP contribution in [0.15, 0.2) is 41.2 Å². The number of nitrogens with zero attached hydrogens (tertiary/aromatic N) is 4. The minimum Gasteiger partial charge on any atom is -0.396 e. The SMILES string of the molecule is CCCN1[C@@H]2c3ccc(-c4ccccc4F)c(=O)n3C[C@@H]2[C@@H](CO)[C@@H]1C(=O)N1CCN(C)CC1. The van der Waals surface area contributed by atoms with Crippen molar-refractivity contribution in [3.63, 3.8) is 0 Å². The van der Waals surface area contributed by atoms with Gasteiger partial charge in [-0.3, -0.25) is 14.5 Å². The summed E-state index contributed by atoms with van der Waals surface area (Å²) in [5, 5.41) is 10.4. The fourth-order valence-electron chi connectivity index (χ4n) is 6.20. The van der Waals surface area contributed by atoms with Gasteiger partial charge in [0.1, 0.15) is 5.82 Å². The number of carbonyl (C=O) groups excluding carboxylic acids is 1. The van der Waals surface area contributed by atoms with Crippen molar-refractivity contribution in [2.24, 2.45) is 11.8 Å². The lowest BCUT2D eigenvalue weighted by Gasteiger charge is -2.38. The Kier molecular flexibility index (Phi) is 6.31. The quantitative estimate of drug-likeness (QED) is 0.725. The number of halogens is 1. The number of carbonyl (C=O) groups is 1. The minimum absolute atomic E-state index is 0.0402. The van der Waals surface area contributed by atoms with Gasteiger partial charge in [0.2, 0.25) is 5.91 Å². The molecule has 1 aromatic heterocycles. The van der Waals surface area contributed by atoms with Crippen LogP contribution in [0.5, 0.6) is 0 Å². The molecule has 34 heavy (non-hydrogen) atoms. The molecule has 182 valence electrons. The van der Waals surface area contributed by atoms with Crippen molar-refractivity contribution in [3.8, 4) is 11.1 Å². The summed E-state index contributed by atoms with van der Waals surface area (Å²) < 4.78 is 16.2. The van der Waals surface area contributed by atoms with Crippen LogP contribution in [0.1, 0.15) is 25.1 Å². The molecule has 0 radical (unpaired) electrons. The van der Waals surface area contributed by atoms with Gasteiger partial charge >= 0.3 is 0 Å². The van der Waals surface area contributed by atoms with E-state index in [2.05, 4.69) is 23.8 Å². The number of hydrogen-bond acceptors (Lipinski definition) is 5. The molecule has 3 aliphatic heterocycles. The average molecular weight is 469 g/mol. The molecular weight excluding hydrogens is 435 g/mol. The molecule has 0 spiro atoms. The zero-order valence-electron chi connectivity index (χ0n) is 19.9. The van der Waals surface area contributed by atoms with Crippen LogP contribution < -0.4 is 5.56 Å². The van der Waals surface area contributed by atoms with Gasteiger partial charge in [-0.2, -0.15) is 0 Å². The maximum atomic E-state index is 14.4. The Morgan fingerprint density at radius 1 is 1.09 bits per heavy atom. The summed E-state index contributed by atoms with van der Waals surface area (Å²) in [5.74, 6) is -0.620. The van der Waals surface area contributed by atoms with Crippen LogP contribution in [0.2, 0.25) is 0 Å². The largest absolute Gasteiger partial charge is 0.396 e. The second kappa shape index (κ2) is 9.24. The first-order chi connectivity index (χ1) is 16.5.